The molecule has 30 heavy (non-hydrogen) atoms. The number of anilines is 1. The molecule has 0 N–H and O–H groups in total. The van der Waals surface area contributed by atoms with Crippen LogP contribution >= 0.6 is 0 Å². The monoisotopic (exact) mass is 402 g/mol. The Morgan fingerprint density at radius 2 is 1.87 bits per heavy atom. The van der Waals surface area contributed by atoms with Crippen LogP contribution in [0.3, 0.4) is 0 Å². The Morgan fingerprint density at radius 1 is 1.10 bits per heavy atom. The summed E-state index contributed by atoms with van der Waals surface area (Å²) in [5.41, 5.74) is 5.83. The molecule has 1 atom stereocenters. The van der Waals surface area contributed by atoms with Crippen molar-refractivity contribution in [3.05, 3.63) is 65.4 Å². The fourth-order valence-electron chi connectivity index (χ4n) is 4.56. The second-order valence-electron chi connectivity index (χ2n) is 8.21. The largest absolute Gasteiger partial charge is 0.488 e. The number of rotatable bonds is 2. The van der Waals surface area contributed by atoms with Crippen molar-refractivity contribution in [2.75, 3.05) is 24.5 Å². The van der Waals surface area contributed by atoms with Crippen LogP contribution < -0.4 is 9.64 Å². The number of carbonyl (C=O) groups is 1. The molecule has 0 bridgehead atoms. The Balaban J connectivity index is 1.39. The van der Waals surface area contributed by atoms with Gasteiger partial charge in [0.05, 0.1) is 5.69 Å². The number of para-hydroxylation sites is 1. The van der Waals surface area contributed by atoms with Crippen molar-refractivity contribution in [1.29, 1.82) is 0 Å². The highest BCUT2D eigenvalue weighted by Gasteiger charge is 2.33. The molecule has 1 saturated heterocycles. The smallest absolute Gasteiger partial charge is 0.274 e. The number of piperazine rings is 1. The molecular weight excluding hydrogens is 376 g/mol. The number of aryl methyl sites for hydroxylation is 2. The lowest BCUT2D eigenvalue weighted by Gasteiger charge is -2.41. The van der Waals surface area contributed by atoms with Crippen LogP contribution in [0.1, 0.15) is 28.5 Å². The molecule has 0 radical (unpaired) electrons. The highest BCUT2D eigenvalue weighted by molar-refractivity contribution is 5.96. The van der Waals surface area contributed by atoms with Gasteiger partial charge in [-0.2, -0.15) is 5.10 Å². The van der Waals surface area contributed by atoms with E-state index < -0.39 is 0 Å². The van der Waals surface area contributed by atoms with Gasteiger partial charge in [-0.25, -0.2) is 0 Å². The van der Waals surface area contributed by atoms with Crippen molar-refractivity contribution in [3.63, 3.8) is 0 Å². The fraction of sp³-hybridized carbons (Fsp3) is 0.333. The van der Waals surface area contributed by atoms with Crippen LogP contribution in [0.15, 0.2) is 48.5 Å². The fourth-order valence-corrected chi connectivity index (χ4v) is 4.56. The van der Waals surface area contributed by atoms with Gasteiger partial charge >= 0.3 is 0 Å². The van der Waals surface area contributed by atoms with Gasteiger partial charge in [-0.05, 0) is 38.1 Å². The van der Waals surface area contributed by atoms with Crippen molar-refractivity contribution in [2.45, 2.75) is 26.5 Å². The van der Waals surface area contributed by atoms with E-state index in [2.05, 4.69) is 48.1 Å². The molecule has 1 unspecified atom stereocenters. The molecule has 0 spiro atoms. The lowest BCUT2D eigenvalue weighted by atomic mass is 10.0. The average Bonchev–Trinajstić information content (AvgIpc) is 3.11. The maximum atomic E-state index is 13.4. The molecule has 2 aliphatic rings. The minimum Gasteiger partial charge on any atom is -0.488 e. The van der Waals surface area contributed by atoms with Crippen molar-refractivity contribution >= 4 is 11.6 Å². The minimum absolute atomic E-state index is 0.00904. The van der Waals surface area contributed by atoms with Gasteiger partial charge in [-0.15, -0.1) is 0 Å². The van der Waals surface area contributed by atoms with Crippen molar-refractivity contribution in [2.24, 2.45) is 7.05 Å². The third kappa shape index (κ3) is 3.03. The van der Waals surface area contributed by atoms with Crippen LogP contribution in [0.25, 0.3) is 11.3 Å². The van der Waals surface area contributed by atoms with E-state index in [1.165, 1.54) is 11.3 Å². The number of hydrogen-bond acceptors (Lipinski definition) is 4. The predicted molar refractivity (Wildman–Crippen MR) is 117 cm³/mol. The zero-order chi connectivity index (χ0) is 20.8. The quantitative estimate of drug-likeness (QED) is 0.657. The Kier molecular flexibility index (Phi) is 4.50. The Hall–Kier alpha value is -3.28. The lowest BCUT2D eigenvalue weighted by Crippen LogP contribution is -2.54. The molecule has 1 aromatic heterocycles. The maximum Gasteiger partial charge on any atom is 0.274 e. The third-order valence-electron chi connectivity index (χ3n) is 6.14. The molecule has 6 heteroatoms. The van der Waals surface area contributed by atoms with Crippen LogP contribution in [0.2, 0.25) is 0 Å². The summed E-state index contributed by atoms with van der Waals surface area (Å²) >= 11 is 0. The summed E-state index contributed by atoms with van der Waals surface area (Å²) in [5, 5.41) is 4.61. The Labute approximate surface area is 176 Å². The van der Waals surface area contributed by atoms with Crippen LogP contribution in [0.5, 0.6) is 5.75 Å². The topological polar surface area (TPSA) is 50.6 Å². The first-order valence-electron chi connectivity index (χ1n) is 10.4. The van der Waals surface area contributed by atoms with Gasteiger partial charge in [-0.3, -0.25) is 9.48 Å². The molecule has 2 aromatic carbocycles. The number of hydrogen-bond donors (Lipinski definition) is 0. The number of ether oxygens (including phenoxy) is 1. The predicted octanol–water partition coefficient (Wildman–Crippen LogP) is 3.64. The van der Waals surface area contributed by atoms with E-state index >= 15 is 0 Å². The first kappa shape index (κ1) is 18.7. The van der Waals surface area contributed by atoms with E-state index in [9.17, 15) is 4.79 Å². The normalized spacial score (nSPS) is 17.9. The number of carbonyl (C=O) groups excluding carboxylic acids is 1. The van der Waals surface area contributed by atoms with Crippen LogP contribution in [-0.4, -0.2) is 46.3 Å². The van der Waals surface area contributed by atoms with Crippen LogP contribution in [-0.2, 0) is 13.7 Å². The first-order chi connectivity index (χ1) is 14.5. The van der Waals surface area contributed by atoms with Crippen molar-refractivity contribution in [3.8, 4) is 17.0 Å². The summed E-state index contributed by atoms with van der Waals surface area (Å²) in [6.45, 7) is 6.81. The van der Waals surface area contributed by atoms with Crippen LogP contribution in [0.4, 0.5) is 5.69 Å². The van der Waals surface area contributed by atoms with E-state index in [1.807, 2.05) is 40.9 Å². The summed E-state index contributed by atoms with van der Waals surface area (Å²) in [6, 6.07) is 16.8. The number of nitrogens with zero attached hydrogens (tertiary/aromatic N) is 4. The molecule has 6 nitrogen and oxygen atoms in total. The van der Waals surface area contributed by atoms with Gasteiger partial charge in [-0.1, -0.05) is 29.8 Å². The molecule has 5 rings (SSSR count). The van der Waals surface area contributed by atoms with Gasteiger partial charge in [0, 0.05) is 49.5 Å². The van der Waals surface area contributed by atoms with Crippen molar-refractivity contribution < 1.29 is 9.53 Å². The van der Waals surface area contributed by atoms with E-state index in [0.717, 1.165) is 29.1 Å². The second-order valence-corrected chi connectivity index (χ2v) is 8.21. The standard InChI is InChI=1S/C24H26N4O2/c1-16-8-10-18(11-9-16)28-13-12-27(14-17(28)2)24(29)22-20-15-30-21-7-5-4-6-19(21)23(20)26(3)25-22/h4-11,17H,12-15H2,1-3H3. The van der Waals surface area contributed by atoms with Gasteiger partial charge in [0.1, 0.15) is 12.4 Å². The number of amides is 1. The maximum absolute atomic E-state index is 13.4. The highest BCUT2D eigenvalue weighted by atomic mass is 16.5. The Bertz CT molecular complexity index is 1100. The first-order valence-corrected chi connectivity index (χ1v) is 10.4. The summed E-state index contributed by atoms with van der Waals surface area (Å²) in [6.07, 6.45) is 0. The van der Waals surface area contributed by atoms with E-state index in [-0.39, 0.29) is 11.9 Å². The molecular formula is C24H26N4O2. The zero-order valence-electron chi connectivity index (χ0n) is 17.6. The molecule has 3 aromatic rings. The minimum atomic E-state index is -0.00904. The molecule has 1 fully saturated rings. The molecule has 1 amide bonds. The molecule has 3 heterocycles. The molecule has 154 valence electrons. The van der Waals surface area contributed by atoms with E-state index in [1.54, 1.807) is 0 Å². The summed E-state index contributed by atoms with van der Waals surface area (Å²) in [7, 11) is 1.90. The molecule has 0 aliphatic carbocycles. The summed E-state index contributed by atoms with van der Waals surface area (Å²) < 4.78 is 7.73. The van der Waals surface area contributed by atoms with Gasteiger partial charge in [0.2, 0.25) is 0 Å². The molecule has 2 aliphatic heterocycles. The zero-order valence-corrected chi connectivity index (χ0v) is 17.6. The lowest BCUT2D eigenvalue weighted by molar-refractivity contribution is 0.0717. The Morgan fingerprint density at radius 3 is 2.63 bits per heavy atom. The number of benzene rings is 2. The third-order valence-corrected chi connectivity index (χ3v) is 6.14. The molecule has 0 saturated carbocycles. The van der Waals surface area contributed by atoms with Gasteiger partial charge in [0.15, 0.2) is 5.69 Å². The summed E-state index contributed by atoms with van der Waals surface area (Å²) in [4.78, 5) is 17.7. The number of fused-ring (bicyclic) bond motifs is 3. The van der Waals surface area contributed by atoms with Gasteiger partial charge in [0.25, 0.3) is 5.91 Å². The van der Waals surface area contributed by atoms with Gasteiger partial charge < -0.3 is 14.5 Å². The average molecular weight is 402 g/mol. The second kappa shape index (κ2) is 7.20. The van der Waals surface area contributed by atoms with Crippen molar-refractivity contribution in [1.82, 2.24) is 14.7 Å². The number of aromatic nitrogens is 2. The van der Waals surface area contributed by atoms with Crippen LogP contribution in [0, 0.1) is 6.92 Å². The van der Waals surface area contributed by atoms with E-state index in [0.29, 0.717) is 25.4 Å². The van der Waals surface area contributed by atoms with E-state index in [4.69, 9.17) is 4.74 Å². The SMILES string of the molecule is Cc1ccc(N2CCN(C(=O)c3nn(C)c4c3COc3ccccc3-4)CC2C)cc1. The highest BCUT2D eigenvalue weighted by Crippen LogP contribution is 2.38. The summed E-state index contributed by atoms with van der Waals surface area (Å²) in [5.74, 6) is 0.831.